The number of rotatable bonds is 6. The number of carbonyl (C=O) groups excluding carboxylic acids is 1. The molecule has 4 saturated carbocycles. The van der Waals surface area contributed by atoms with Crippen LogP contribution in [0.3, 0.4) is 0 Å². The van der Waals surface area contributed by atoms with Crippen LogP contribution in [-0.2, 0) is 14.8 Å². The summed E-state index contributed by atoms with van der Waals surface area (Å²) in [6.45, 7) is 1.76. The summed E-state index contributed by atoms with van der Waals surface area (Å²) < 4.78 is 27.6. The fourth-order valence-electron chi connectivity index (χ4n) is 6.45. The van der Waals surface area contributed by atoms with E-state index in [0.717, 1.165) is 17.8 Å². The lowest BCUT2D eigenvalue weighted by Crippen LogP contribution is -2.47. The van der Waals surface area contributed by atoms with Gasteiger partial charge in [-0.2, -0.15) is 0 Å². The van der Waals surface area contributed by atoms with Crippen molar-refractivity contribution in [2.45, 2.75) is 56.8 Å². The van der Waals surface area contributed by atoms with Gasteiger partial charge >= 0.3 is 0 Å². The van der Waals surface area contributed by atoms with E-state index in [1.807, 2.05) is 0 Å². The minimum absolute atomic E-state index is 0.0313. The Kier molecular flexibility index (Phi) is 5.00. The highest BCUT2D eigenvalue weighted by Gasteiger charge is 2.51. The van der Waals surface area contributed by atoms with Crippen LogP contribution in [-0.4, -0.2) is 24.3 Å². The highest BCUT2D eigenvalue weighted by atomic mass is 32.2. The lowest BCUT2D eigenvalue weighted by Gasteiger charge is -2.56. The average molecular weight is 441 g/mol. The molecular weight excluding hydrogens is 412 g/mol. The monoisotopic (exact) mass is 440 g/mol. The van der Waals surface area contributed by atoms with Crippen LogP contribution in [0.15, 0.2) is 41.4 Å². The summed E-state index contributed by atoms with van der Waals surface area (Å²) in [4.78, 5) is 20.9. The molecule has 4 fully saturated rings. The van der Waals surface area contributed by atoms with Crippen LogP contribution < -0.4 is 10.0 Å². The number of carbonyl (C=O) groups is 1. The van der Waals surface area contributed by atoms with Crippen molar-refractivity contribution in [2.24, 2.45) is 23.2 Å². The summed E-state index contributed by atoms with van der Waals surface area (Å²) in [5, 5.41) is 2.97. The van der Waals surface area contributed by atoms with Gasteiger partial charge in [-0.25, -0.2) is 23.1 Å². The first-order valence-electron chi connectivity index (χ1n) is 11.0. The lowest BCUT2D eigenvalue weighted by atomic mass is 9.49. The molecule has 1 aromatic carbocycles. The van der Waals surface area contributed by atoms with Gasteiger partial charge in [0.05, 0.1) is 4.90 Å². The first kappa shape index (κ1) is 20.4. The number of aryl methyl sites for hydroxylation is 1. The van der Waals surface area contributed by atoms with Crippen molar-refractivity contribution in [1.82, 2.24) is 9.97 Å². The van der Waals surface area contributed by atoms with Gasteiger partial charge < -0.3 is 5.32 Å². The molecular formula is C23H28N4O3S. The number of aromatic nitrogens is 2. The van der Waals surface area contributed by atoms with Crippen LogP contribution in [0.25, 0.3) is 0 Å². The van der Waals surface area contributed by atoms with Crippen molar-refractivity contribution < 1.29 is 13.2 Å². The van der Waals surface area contributed by atoms with Crippen LogP contribution in [0.5, 0.6) is 0 Å². The van der Waals surface area contributed by atoms with Crippen molar-refractivity contribution in [1.29, 1.82) is 0 Å². The van der Waals surface area contributed by atoms with E-state index in [1.165, 1.54) is 56.9 Å². The second-order valence-electron chi connectivity index (χ2n) is 9.79. The molecule has 2 aromatic rings. The Balaban J connectivity index is 1.23. The molecule has 8 heteroatoms. The number of anilines is 2. The molecule has 164 valence electrons. The predicted molar refractivity (Wildman–Crippen MR) is 118 cm³/mol. The van der Waals surface area contributed by atoms with Gasteiger partial charge in [-0.1, -0.05) is 0 Å². The first-order chi connectivity index (χ1) is 14.8. The standard InChI is InChI=1S/C23H28N4O3S/c1-15-6-7-24-22(25-15)27-31(29,30)20-4-2-19(3-5-20)26-21(28)14-23-11-16-8-17(12-23)10-18(9-16)13-23/h2-7,16-18H,8-14H2,1H3,(H,26,28)(H,24,25,27). The Hall–Kier alpha value is -2.48. The predicted octanol–water partition coefficient (Wildman–Crippen LogP) is 4.13. The highest BCUT2D eigenvalue weighted by Crippen LogP contribution is 2.61. The molecule has 0 spiro atoms. The van der Waals surface area contributed by atoms with E-state index >= 15 is 0 Å². The fourth-order valence-corrected chi connectivity index (χ4v) is 7.40. The Morgan fingerprint density at radius 2 is 1.65 bits per heavy atom. The second-order valence-corrected chi connectivity index (χ2v) is 11.5. The molecule has 0 atom stereocenters. The molecule has 1 heterocycles. The minimum atomic E-state index is -3.80. The van der Waals surface area contributed by atoms with Crippen molar-refractivity contribution in [3.05, 3.63) is 42.2 Å². The van der Waals surface area contributed by atoms with E-state index in [9.17, 15) is 13.2 Å². The minimum Gasteiger partial charge on any atom is -0.326 e. The van der Waals surface area contributed by atoms with Crippen molar-refractivity contribution >= 4 is 27.6 Å². The van der Waals surface area contributed by atoms with Crippen molar-refractivity contribution in [2.75, 3.05) is 10.0 Å². The quantitative estimate of drug-likeness (QED) is 0.703. The number of amides is 1. The Bertz CT molecular complexity index is 1060. The molecule has 6 rings (SSSR count). The second kappa shape index (κ2) is 7.58. The maximum atomic E-state index is 12.8. The smallest absolute Gasteiger partial charge is 0.264 e. The molecule has 1 aromatic heterocycles. The van der Waals surface area contributed by atoms with E-state index in [1.54, 1.807) is 25.1 Å². The maximum absolute atomic E-state index is 12.8. The van der Waals surface area contributed by atoms with Gasteiger partial charge in [0.15, 0.2) is 0 Å². The largest absolute Gasteiger partial charge is 0.326 e. The van der Waals surface area contributed by atoms with Crippen LogP contribution in [0, 0.1) is 30.1 Å². The summed E-state index contributed by atoms with van der Waals surface area (Å²) in [6, 6.07) is 7.92. The van der Waals surface area contributed by atoms with Gasteiger partial charge in [0.1, 0.15) is 0 Å². The molecule has 1 amide bonds. The third-order valence-corrected chi connectivity index (χ3v) is 8.51. The van der Waals surface area contributed by atoms with Gasteiger partial charge in [-0.3, -0.25) is 4.79 Å². The zero-order valence-electron chi connectivity index (χ0n) is 17.7. The summed E-state index contributed by atoms with van der Waals surface area (Å²) in [5.74, 6) is 2.51. The maximum Gasteiger partial charge on any atom is 0.264 e. The summed E-state index contributed by atoms with van der Waals surface area (Å²) in [6.07, 6.45) is 9.73. The van der Waals surface area contributed by atoms with Crippen LogP contribution >= 0.6 is 0 Å². The SMILES string of the molecule is Cc1ccnc(NS(=O)(=O)c2ccc(NC(=O)CC34CC5CC(CC(C5)C3)C4)cc2)n1. The summed E-state index contributed by atoms with van der Waals surface area (Å²) in [7, 11) is -3.80. The Labute approximate surface area is 183 Å². The fraction of sp³-hybridized carbons (Fsp3) is 0.522. The van der Waals surface area contributed by atoms with Gasteiger partial charge in [0.2, 0.25) is 11.9 Å². The van der Waals surface area contributed by atoms with Crippen LogP contribution in [0.1, 0.15) is 50.6 Å². The topological polar surface area (TPSA) is 101 Å². The average Bonchev–Trinajstić information content (AvgIpc) is 2.66. The number of nitrogens with one attached hydrogen (secondary N) is 2. The van der Waals surface area contributed by atoms with E-state index < -0.39 is 10.0 Å². The number of hydrogen-bond acceptors (Lipinski definition) is 5. The number of hydrogen-bond donors (Lipinski definition) is 2. The Morgan fingerprint density at radius 1 is 1.03 bits per heavy atom. The molecule has 31 heavy (non-hydrogen) atoms. The van der Waals surface area contributed by atoms with E-state index in [-0.39, 0.29) is 22.2 Å². The van der Waals surface area contributed by atoms with Crippen molar-refractivity contribution in [3.8, 4) is 0 Å². The summed E-state index contributed by atoms with van der Waals surface area (Å²) in [5.41, 5.74) is 1.46. The van der Waals surface area contributed by atoms with E-state index in [0.29, 0.717) is 17.8 Å². The number of nitrogens with zero attached hydrogens (tertiary/aromatic N) is 2. The molecule has 4 aliphatic rings. The van der Waals surface area contributed by atoms with Crippen molar-refractivity contribution in [3.63, 3.8) is 0 Å². The highest BCUT2D eigenvalue weighted by molar-refractivity contribution is 7.92. The Morgan fingerprint density at radius 3 is 2.23 bits per heavy atom. The molecule has 2 N–H and O–H groups in total. The zero-order valence-corrected chi connectivity index (χ0v) is 18.5. The summed E-state index contributed by atoms with van der Waals surface area (Å²) >= 11 is 0. The molecule has 7 nitrogen and oxygen atoms in total. The molecule has 4 bridgehead atoms. The first-order valence-corrected chi connectivity index (χ1v) is 12.5. The third-order valence-electron chi connectivity index (χ3n) is 7.17. The molecule has 0 radical (unpaired) electrons. The van der Waals surface area contributed by atoms with Crippen LogP contribution in [0.4, 0.5) is 11.6 Å². The van der Waals surface area contributed by atoms with Gasteiger partial charge in [0.25, 0.3) is 10.0 Å². The molecule has 0 saturated heterocycles. The third kappa shape index (κ3) is 4.31. The molecule has 0 unspecified atom stereocenters. The zero-order chi connectivity index (χ0) is 21.6. The molecule has 4 aliphatic carbocycles. The molecule has 0 aliphatic heterocycles. The van der Waals surface area contributed by atoms with Gasteiger partial charge in [0, 0.05) is 24.0 Å². The normalized spacial score (nSPS) is 29.0. The van der Waals surface area contributed by atoms with E-state index in [4.69, 9.17) is 0 Å². The lowest BCUT2D eigenvalue weighted by molar-refractivity contribution is -0.124. The number of sulfonamides is 1. The number of benzene rings is 1. The van der Waals surface area contributed by atoms with E-state index in [2.05, 4.69) is 20.0 Å². The van der Waals surface area contributed by atoms with Crippen LogP contribution in [0.2, 0.25) is 0 Å². The van der Waals surface area contributed by atoms with Gasteiger partial charge in [-0.15, -0.1) is 0 Å². The van der Waals surface area contributed by atoms with Gasteiger partial charge in [-0.05, 0) is 98.9 Å².